The molecule has 0 unspecified atom stereocenters. The Morgan fingerprint density at radius 1 is 0.929 bits per heavy atom. The molecule has 0 bridgehead atoms. The van der Waals surface area contributed by atoms with E-state index in [1.165, 1.54) is 35.2 Å². The summed E-state index contributed by atoms with van der Waals surface area (Å²) in [6, 6.07) is 18.5. The number of hydrogen-bond donors (Lipinski definition) is 1. The minimum absolute atomic E-state index is 0.0491. The van der Waals surface area contributed by atoms with E-state index in [-0.39, 0.29) is 29.1 Å². The molecule has 1 fully saturated rings. The summed E-state index contributed by atoms with van der Waals surface area (Å²) in [7, 11) is -4.33. The minimum Gasteiger partial charge on any atom is -0.352 e. The van der Waals surface area contributed by atoms with Crippen molar-refractivity contribution in [2.45, 2.75) is 82.8 Å². The Kier molecular flexibility index (Phi) is 10.4. The van der Waals surface area contributed by atoms with E-state index in [0.717, 1.165) is 59.2 Å². The van der Waals surface area contributed by atoms with Gasteiger partial charge in [0.05, 0.1) is 10.6 Å². The van der Waals surface area contributed by atoms with Gasteiger partial charge in [0.25, 0.3) is 10.0 Å². The minimum atomic E-state index is -4.33. The Balaban J connectivity index is 1.71. The standard InChI is InChI=1S/C33H40FN3O4S/c1-4-30(33(39)35-27-13-6-5-7-14-27)36(22-26-12-10-11-25(3)21-26)32(38)23-37(31-16-9-8-15-29(31)34)42(40,41)28-19-17-24(2)18-20-28/h8-12,15-21,27,30H,4-7,13-14,22-23H2,1-3H3,(H,35,39)/t30-/m0/s1. The zero-order valence-electron chi connectivity index (χ0n) is 24.6. The van der Waals surface area contributed by atoms with Crippen LogP contribution >= 0.6 is 0 Å². The molecular formula is C33H40FN3O4S. The molecule has 1 aliphatic rings. The fourth-order valence-electron chi connectivity index (χ4n) is 5.48. The Morgan fingerprint density at radius 3 is 2.26 bits per heavy atom. The number of carbonyl (C=O) groups is 2. The first-order valence-corrected chi connectivity index (χ1v) is 16.0. The summed E-state index contributed by atoms with van der Waals surface area (Å²) in [5.41, 5.74) is 2.43. The molecule has 0 aromatic heterocycles. The lowest BCUT2D eigenvalue weighted by Gasteiger charge is -2.34. The molecule has 4 rings (SSSR count). The summed E-state index contributed by atoms with van der Waals surface area (Å²) in [6.07, 6.45) is 5.35. The third-order valence-electron chi connectivity index (χ3n) is 7.78. The van der Waals surface area contributed by atoms with Crippen LogP contribution in [-0.4, -0.2) is 43.8 Å². The monoisotopic (exact) mass is 593 g/mol. The van der Waals surface area contributed by atoms with Crippen LogP contribution < -0.4 is 9.62 Å². The van der Waals surface area contributed by atoms with Gasteiger partial charge < -0.3 is 10.2 Å². The summed E-state index contributed by atoms with van der Waals surface area (Å²) in [5, 5.41) is 3.13. The molecule has 1 aliphatic carbocycles. The van der Waals surface area contributed by atoms with Gasteiger partial charge in [-0.2, -0.15) is 0 Å². The average Bonchev–Trinajstić information content (AvgIpc) is 2.97. The highest BCUT2D eigenvalue weighted by molar-refractivity contribution is 7.92. The van der Waals surface area contributed by atoms with Crippen LogP contribution in [0.4, 0.5) is 10.1 Å². The smallest absolute Gasteiger partial charge is 0.264 e. The number of para-hydroxylation sites is 1. The maximum absolute atomic E-state index is 15.1. The van der Waals surface area contributed by atoms with E-state index in [2.05, 4.69) is 5.32 Å². The lowest BCUT2D eigenvalue weighted by atomic mass is 9.95. The number of hydrogen-bond acceptors (Lipinski definition) is 4. The number of aryl methyl sites for hydroxylation is 2. The van der Waals surface area contributed by atoms with Crippen molar-refractivity contribution in [3.8, 4) is 0 Å². The molecule has 0 heterocycles. The maximum atomic E-state index is 15.1. The highest BCUT2D eigenvalue weighted by Gasteiger charge is 2.35. The third-order valence-corrected chi connectivity index (χ3v) is 9.56. The Morgan fingerprint density at radius 2 is 1.62 bits per heavy atom. The second-order valence-electron chi connectivity index (χ2n) is 11.1. The number of carbonyl (C=O) groups excluding carboxylic acids is 2. The summed E-state index contributed by atoms with van der Waals surface area (Å²) >= 11 is 0. The van der Waals surface area contributed by atoms with Crippen LogP contribution in [0.3, 0.4) is 0 Å². The predicted molar refractivity (Wildman–Crippen MR) is 163 cm³/mol. The number of halogens is 1. The molecule has 7 nitrogen and oxygen atoms in total. The van der Waals surface area contributed by atoms with Crippen LogP contribution in [-0.2, 0) is 26.2 Å². The number of benzene rings is 3. The first-order chi connectivity index (χ1) is 20.1. The van der Waals surface area contributed by atoms with Crippen LogP contribution in [0.1, 0.15) is 62.1 Å². The topological polar surface area (TPSA) is 86.8 Å². The van der Waals surface area contributed by atoms with Crippen molar-refractivity contribution in [1.82, 2.24) is 10.2 Å². The fraction of sp³-hybridized carbons (Fsp3) is 0.394. The lowest BCUT2D eigenvalue weighted by Crippen LogP contribution is -2.54. The molecule has 42 heavy (non-hydrogen) atoms. The van der Waals surface area contributed by atoms with Crippen molar-refractivity contribution < 1.29 is 22.4 Å². The van der Waals surface area contributed by atoms with E-state index >= 15 is 4.39 Å². The van der Waals surface area contributed by atoms with Gasteiger partial charge in [-0.1, -0.05) is 85.8 Å². The number of rotatable bonds is 11. The van der Waals surface area contributed by atoms with E-state index in [1.54, 1.807) is 12.1 Å². The van der Waals surface area contributed by atoms with E-state index in [9.17, 15) is 18.0 Å². The third kappa shape index (κ3) is 7.56. The van der Waals surface area contributed by atoms with E-state index in [1.807, 2.05) is 45.0 Å². The van der Waals surface area contributed by atoms with Gasteiger partial charge in [0.2, 0.25) is 11.8 Å². The molecule has 3 aromatic rings. The number of anilines is 1. The second-order valence-corrected chi connectivity index (χ2v) is 12.9. The predicted octanol–water partition coefficient (Wildman–Crippen LogP) is 5.89. The van der Waals surface area contributed by atoms with Crippen molar-refractivity contribution in [1.29, 1.82) is 0 Å². The molecule has 0 radical (unpaired) electrons. The number of sulfonamides is 1. The van der Waals surface area contributed by atoms with Crippen molar-refractivity contribution in [3.05, 3.63) is 95.3 Å². The molecule has 2 amide bonds. The van der Waals surface area contributed by atoms with E-state index < -0.39 is 34.3 Å². The van der Waals surface area contributed by atoms with Gasteiger partial charge in [0.1, 0.15) is 18.4 Å². The fourth-order valence-corrected chi connectivity index (χ4v) is 6.90. The Hall–Kier alpha value is -3.72. The van der Waals surface area contributed by atoms with E-state index in [0.29, 0.717) is 6.42 Å². The van der Waals surface area contributed by atoms with Crippen molar-refractivity contribution in [2.24, 2.45) is 0 Å². The van der Waals surface area contributed by atoms with E-state index in [4.69, 9.17) is 0 Å². The largest absolute Gasteiger partial charge is 0.352 e. The summed E-state index contributed by atoms with van der Waals surface area (Å²) < 4.78 is 43.7. The van der Waals surface area contributed by atoms with Crippen molar-refractivity contribution in [2.75, 3.05) is 10.8 Å². The SMILES string of the molecule is CC[C@@H](C(=O)NC1CCCCC1)N(Cc1cccc(C)c1)C(=O)CN(c1ccccc1F)S(=O)(=O)c1ccc(C)cc1. The Bertz CT molecular complexity index is 1490. The molecule has 1 N–H and O–H groups in total. The average molecular weight is 594 g/mol. The van der Waals surface area contributed by atoms with Gasteiger partial charge in [0.15, 0.2) is 0 Å². The van der Waals surface area contributed by atoms with Crippen LogP contribution in [0.5, 0.6) is 0 Å². The van der Waals surface area contributed by atoms with Crippen molar-refractivity contribution >= 4 is 27.5 Å². The number of nitrogens with zero attached hydrogens (tertiary/aromatic N) is 2. The van der Waals surface area contributed by atoms with Crippen LogP contribution in [0, 0.1) is 19.7 Å². The maximum Gasteiger partial charge on any atom is 0.264 e. The van der Waals surface area contributed by atoms with Crippen LogP contribution in [0.15, 0.2) is 77.7 Å². The zero-order chi connectivity index (χ0) is 30.3. The van der Waals surface area contributed by atoms with Gasteiger partial charge in [-0.3, -0.25) is 13.9 Å². The second kappa shape index (κ2) is 14.0. The van der Waals surface area contributed by atoms with Gasteiger partial charge in [0, 0.05) is 12.6 Å². The zero-order valence-corrected chi connectivity index (χ0v) is 25.4. The van der Waals surface area contributed by atoms with Crippen LogP contribution in [0.25, 0.3) is 0 Å². The highest BCUT2D eigenvalue weighted by Crippen LogP contribution is 2.27. The number of amides is 2. The molecule has 0 saturated heterocycles. The Labute approximate surface area is 248 Å². The molecule has 3 aromatic carbocycles. The van der Waals surface area contributed by atoms with Crippen molar-refractivity contribution in [3.63, 3.8) is 0 Å². The quantitative estimate of drug-likeness (QED) is 0.300. The molecule has 224 valence electrons. The summed E-state index contributed by atoms with van der Waals surface area (Å²) in [5.74, 6) is -1.63. The molecule has 9 heteroatoms. The number of nitrogens with one attached hydrogen (secondary N) is 1. The first-order valence-electron chi connectivity index (χ1n) is 14.6. The molecule has 1 atom stereocenters. The summed E-state index contributed by atoms with van der Waals surface area (Å²) in [4.78, 5) is 29.2. The molecular weight excluding hydrogens is 553 g/mol. The van der Waals surface area contributed by atoms with Crippen LogP contribution in [0.2, 0.25) is 0 Å². The first kappa shape index (κ1) is 31.2. The summed E-state index contributed by atoms with van der Waals surface area (Å²) in [6.45, 7) is 5.04. The van der Waals surface area contributed by atoms with Gasteiger partial charge in [-0.05, 0) is 62.9 Å². The lowest BCUT2D eigenvalue weighted by molar-refractivity contribution is -0.140. The van der Waals surface area contributed by atoms with Gasteiger partial charge in [-0.15, -0.1) is 0 Å². The molecule has 0 spiro atoms. The van der Waals surface area contributed by atoms with Gasteiger partial charge >= 0.3 is 0 Å². The highest BCUT2D eigenvalue weighted by atomic mass is 32.2. The molecule has 1 saturated carbocycles. The van der Waals surface area contributed by atoms with Gasteiger partial charge in [-0.25, -0.2) is 12.8 Å². The normalized spacial score (nSPS) is 14.7. The molecule has 0 aliphatic heterocycles.